The van der Waals surface area contributed by atoms with E-state index in [9.17, 15) is 13.2 Å². The number of rotatable bonds is 2. The molecule has 0 aromatic heterocycles. The average molecular weight is 254 g/mol. The fourth-order valence-electron chi connectivity index (χ4n) is 1.48. The SMILES string of the molecule is FC(F)(F)Oc1ccc(-c2ccccc2)cc1.[H-].[H-].[Li+].[Li+]. The van der Waals surface area contributed by atoms with Crippen LogP contribution in [0.25, 0.3) is 11.1 Å². The van der Waals surface area contributed by atoms with Gasteiger partial charge in [0.1, 0.15) is 5.75 Å². The van der Waals surface area contributed by atoms with Crippen LogP contribution in [-0.2, 0) is 0 Å². The van der Waals surface area contributed by atoms with Gasteiger partial charge in [-0.2, -0.15) is 0 Å². The van der Waals surface area contributed by atoms with E-state index in [1.807, 2.05) is 30.3 Å². The first-order chi connectivity index (χ1) is 8.04. The van der Waals surface area contributed by atoms with Crippen molar-refractivity contribution in [3.8, 4) is 16.9 Å². The van der Waals surface area contributed by atoms with Crippen molar-refractivity contribution in [2.45, 2.75) is 6.36 Å². The van der Waals surface area contributed by atoms with Crippen molar-refractivity contribution < 1.29 is 58.5 Å². The fraction of sp³-hybridized carbons (Fsp3) is 0.0769. The van der Waals surface area contributed by atoms with Gasteiger partial charge >= 0.3 is 44.1 Å². The second-order valence-corrected chi connectivity index (χ2v) is 3.44. The number of hydrogen-bond acceptors (Lipinski definition) is 1. The summed E-state index contributed by atoms with van der Waals surface area (Å²) in [5, 5.41) is 0. The summed E-state index contributed by atoms with van der Waals surface area (Å²) in [6.45, 7) is 0. The number of alkyl halides is 3. The minimum Gasteiger partial charge on any atom is -1.00 e. The summed E-state index contributed by atoms with van der Waals surface area (Å²) in [6, 6.07) is 15.2. The Morgan fingerprint density at radius 2 is 1.21 bits per heavy atom. The van der Waals surface area contributed by atoms with Gasteiger partial charge in [-0.05, 0) is 23.3 Å². The van der Waals surface area contributed by atoms with Crippen molar-refractivity contribution in [2.24, 2.45) is 0 Å². The van der Waals surface area contributed by atoms with Gasteiger partial charge in [0.25, 0.3) is 0 Å². The Balaban J connectivity index is -0.000000810. The zero-order chi connectivity index (χ0) is 12.3. The Hall–Kier alpha value is -0.775. The van der Waals surface area contributed by atoms with E-state index in [4.69, 9.17) is 0 Å². The Morgan fingerprint density at radius 1 is 0.737 bits per heavy atom. The third-order valence-corrected chi connectivity index (χ3v) is 2.20. The van der Waals surface area contributed by atoms with E-state index in [2.05, 4.69) is 4.74 Å². The van der Waals surface area contributed by atoms with Crippen molar-refractivity contribution in [2.75, 3.05) is 0 Å². The monoisotopic (exact) mass is 254 g/mol. The molecule has 0 aliphatic carbocycles. The van der Waals surface area contributed by atoms with Crippen LogP contribution < -0.4 is 42.5 Å². The van der Waals surface area contributed by atoms with Gasteiger partial charge in [-0.15, -0.1) is 13.2 Å². The summed E-state index contributed by atoms with van der Waals surface area (Å²) in [5.74, 6) is -0.211. The van der Waals surface area contributed by atoms with Crippen LogP contribution in [0.1, 0.15) is 2.85 Å². The Labute approximate surface area is 136 Å². The van der Waals surface area contributed by atoms with Gasteiger partial charge in [0.15, 0.2) is 0 Å². The molecule has 19 heavy (non-hydrogen) atoms. The van der Waals surface area contributed by atoms with Crippen LogP contribution in [0, 0.1) is 0 Å². The number of halogens is 3. The van der Waals surface area contributed by atoms with Crippen molar-refractivity contribution in [1.29, 1.82) is 0 Å². The molecule has 2 rings (SSSR count). The van der Waals surface area contributed by atoms with E-state index < -0.39 is 6.36 Å². The Bertz CT molecular complexity index is 493. The van der Waals surface area contributed by atoms with Crippen molar-refractivity contribution in [3.63, 3.8) is 0 Å². The van der Waals surface area contributed by atoms with Crippen LogP contribution in [-0.4, -0.2) is 6.36 Å². The average Bonchev–Trinajstić information content (AvgIpc) is 2.29. The molecule has 0 spiro atoms. The third-order valence-electron chi connectivity index (χ3n) is 2.20. The topological polar surface area (TPSA) is 9.23 Å². The molecule has 1 nitrogen and oxygen atoms in total. The van der Waals surface area contributed by atoms with Gasteiger partial charge in [-0.25, -0.2) is 0 Å². The van der Waals surface area contributed by atoms with Gasteiger partial charge in [0.2, 0.25) is 0 Å². The molecule has 0 atom stereocenters. The van der Waals surface area contributed by atoms with E-state index in [1.54, 1.807) is 12.1 Å². The molecule has 0 radical (unpaired) electrons. The van der Waals surface area contributed by atoms with Gasteiger partial charge in [-0.1, -0.05) is 42.5 Å². The van der Waals surface area contributed by atoms with E-state index >= 15 is 0 Å². The Kier molecular flexibility index (Phi) is 7.41. The van der Waals surface area contributed by atoms with E-state index in [-0.39, 0.29) is 46.3 Å². The van der Waals surface area contributed by atoms with Crippen LogP contribution in [0.5, 0.6) is 5.75 Å². The molecule has 0 saturated heterocycles. The zero-order valence-electron chi connectivity index (χ0n) is 12.7. The number of hydrogen-bond donors (Lipinski definition) is 0. The van der Waals surface area contributed by atoms with Crippen LogP contribution in [0.15, 0.2) is 54.6 Å². The molecule has 6 heteroatoms. The van der Waals surface area contributed by atoms with E-state index in [1.165, 1.54) is 12.1 Å². The molecule has 0 bridgehead atoms. The fourth-order valence-corrected chi connectivity index (χ4v) is 1.48. The summed E-state index contributed by atoms with van der Waals surface area (Å²) >= 11 is 0. The molecular weight excluding hydrogens is 243 g/mol. The Morgan fingerprint density at radius 3 is 1.68 bits per heavy atom. The van der Waals surface area contributed by atoms with Crippen LogP contribution in [0.2, 0.25) is 0 Å². The molecule has 0 aliphatic rings. The van der Waals surface area contributed by atoms with Crippen molar-refractivity contribution >= 4 is 0 Å². The van der Waals surface area contributed by atoms with Gasteiger partial charge in [-0.3, -0.25) is 0 Å². The first-order valence-electron chi connectivity index (χ1n) is 4.96. The van der Waals surface area contributed by atoms with Crippen molar-refractivity contribution in [3.05, 3.63) is 54.6 Å². The maximum absolute atomic E-state index is 11.9. The molecular formula is C13H11F3Li2O. The second kappa shape index (κ2) is 7.73. The maximum Gasteiger partial charge on any atom is 1.00 e. The zero-order valence-corrected chi connectivity index (χ0v) is 10.7. The number of benzene rings is 2. The molecule has 2 aromatic carbocycles. The number of ether oxygens (including phenoxy) is 1. The standard InChI is InChI=1S/C13H9F3O.2Li.2H/c14-13(15,16)17-12-8-6-11(7-9-12)10-4-2-1-3-5-10;;;;/h1-9H;;;;/q;2*+1;2*-1. The maximum atomic E-state index is 11.9. The smallest absolute Gasteiger partial charge is 1.00 e. The summed E-state index contributed by atoms with van der Waals surface area (Å²) < 4.78 is 39.6. The van der Waals surface area contributed by atoms with E-state index in [0.29, 0.717) is 0 Å². The molecule has 2 aromatic rings. The van der Waals surface area contributed by atoms with Crippen LogP contribution >= 0.6 is 0 Å². The van der Waals surface area contributed by atoms with Gasteiger partial charge in [0.05, 0.1) is 0 Å². The summed E-state index contributed by atoms with van der Waals surface area (Å²) in [4.78, 5) is 0. The normalized spacial score (nSPS) is 10.1. The van der Waals surface area contributed by atoms with E-state index in [0.717, 1.165) is 11.1 Å². The van der Waals surface area contributed by atoms with Crippen LogP contribution in [0.3, 0.4) is 0 Å². The minimum absolute atomic E-state index is 0. The molecule has 0 unspecified atom stereocenters. The molecule has 0 fully saturated rings. The second-order valence-electron chi connectivity index (χ2n) is 3.44. The molecule has 0 N–H and O–H groups in total. The first kappa shape index (κ1) is 18.2. The first-order valence-corrected chi connectivity index (χ1v) is 4.96. The molecule has 0 heterocycles. The molecule has 0 amide bonds. The van der Waals surface area contributed by atoms with Gasteiger partial charge < -0.3 is 7.59 Å². The minimum atomic E-state index is -4.64. The van der Waals surface area contributed by atoms with Crippen LogP contribution in [0.4, 0.5) is 13.2 Å². The van der Waals surface area contributed by atoms with Crippen molar-refractivity contribution in [1.82, 2.24) is 0 Å². The quantitative estimate of drug-likeness (QED) is 0.592. The van der Waals surface area contributed by atoms with Gasteiger partial charge in [0, 0.05) is 0 Å². The largest absolute Gasteiger partial charge is 1.00 e. The molecule has 0 aliphatic heterocycles. The third kappa shape index (κ3) is 5.81. The summed E-state index contributed by atoms with van der Waals surface area (Å²) in [5.41, 5.74) is 1.80. The summed E-state index contributed by atoms with van der Waals surface area (Å²) in [7, 11) is 0. The molecule has 92 valence electrons. The predicted octanol–water partition coefficient (Wildman–Crippen LogP) is -1.51. The molecule has 0 saturated carbocycles. The summed E-state index contributed by atoms with van der Waals surface area (Å²) in [6.07, 6.45) is -4.64. The predicted molar refractivity (Wildman–Crippen MR) is 60.8 cm³/mol.